The van der Waals surface area contributed by atoms with E-state index in [0.717, 1.165) is 34.4 Å². The fourth-order valence-corrected chi connectivity index (χ4v) is 3.35. The zero-order valence-corrected chi connectivity index (χ0v) is 16.9. The number of benzene rings is 3. The van der Waals surface area contributed by atoms with Gasteiger partial charge in [0.05, 0.1) is 11.3 Å². The van der Waals surface area contributed by atoms with Crippen molar-refractivity contribution in [3.63, 3.8) is 0 Å². The first-order valence-electron chi connectivity index (χ1n) is 9.83. The number of hydrogen-bond donors (Lipinski definition) is 0. The SMILES string of the molecule is Cc1c(-c2ccc(C(F)(F)F)cc2)cc(-c2ccccc2)nc1OCc1ccccc1. The Morgan fingerprint density at radius 3 is 2.00 bits per heavy atom. The highest BCUT2D eigenvalue weighted by atomic mass is 19.4. The second kappa shape index (κ2) is 8.64. The number of ether oxygens (including phenoxy) is 1. The Balaban J connectivity index is 1.76. The average molecular weight is 419 g/mol. The van der Waals surface area contributed by atoms with Crippen molar-refractivity contribution in [2.75, 3.05) is 0 Å². The van der Waals surface area contributed by atoms with Gasteiger partial charge >= 0.3 is 6.18 Å². The van der Waals surface area contributed by atoms with E-state index >= 15 is 0 Å². The first-order chi connectivity index (χ1) is 14.9. The van der Waals surface area contributed by atoms with Crippen molar-refractivity contribution in [3.05, 3.63) is 108 Å². The van der Waals surface area contributed by atoms with Crippen molar-refractivity contribution in [2.24, 2.45) is 0 Å². The summed E-state index contributed by atoms with van der Waals surface area (Å²) in [4.78, 5) is 4.70. The van der Waals surface area contributed by atoms with Crippen molar-refractivity contribution >= 4 is 0 Å². The van der Waals surface area contributed by atoms with Gasteiger partial charge in [-0.3, -0.25) is 0 Å². The van der Waals surface area contributed by atoms with E-state index in [1.54, 1.807) is 0 Å². The summed E-state index contributed by atoms with van der Waals surface area (Å²) in [6.45, 7) is 2.22. The van der Waals surface area contributed by atoms with Crippen LogP contribution in [0.4, 0.5) is 13.2 Å². The molecule has 156 valence electrons. The van der Waals surface area contributed by atoms with Crippen LogP contribution >= 0.6 is 0 Å². The Kier molecular flexibility index (Phi) is 5.76. The maximum atomic E-state index is 13.0. The lowest BCUT2D eigenvalue weighted by molar-refractivity contribution is -0.137. The van der Waals surface area contributed by atoms with Crippen LogP contribution in [0, 0.1) is 6.92 Å². The normalized spacial score (nSPS) is 11.4. The molecule has 5 heteroatoms. The summed E-state index contributed by atoms with van der Waals surface area (Å²) in [7, 11) is 0. The summed E-state index contributed by atoms with van der Waals surface area (Å²) in [5.41, 5.74) is 4.16. The summed E-state index contributed by atoms with van der Waals surface area (Å²) in [5, 5.41) is 0. The molecule has 0 radical (unpaired) electrons. The summed E-state index contributed by atoms with van der Waals surface area (Å²) < 4.78 is 45.0. The molecule has 0 bridgehead atoms. The fraction of sp³-hybridized carbons (Fsp3) is 0.115. The molecule has 0 saturated carbocycles. The number of nitrogens with zero attached hydrogens (tertiary/aromatic N) is 1. The molecule has 0 N–H and O–H groups in total. The molecule has 4 aromatic rings. The Hall–Kier alpha value is -3.60. The van der Waals surface area contributed by atoms with Crippen LogP contribution in [0.2, 0.25) is 0 Å². The zero-order valence-electron chi connectivity index (χ0n) is 16.9. The van der Waals surface area contributed by atoms with Crippen LogP contribution in [0.5, 0.6) is 5.88 Å². The summed E-state index contributed by atoms with van der Waals surface area (Å²) in [5.74, 6) is 0.458. The number of halogens is 3. The van der Waals surface area contributed by atoms with Crippen LogP contribution in [0.1, 0.15) is 16.7 Å². The molecule has 0 fully saturated rings. The van der Waals surface area contributed by atoms with Crippen LogP contribution in [0.15, 0.2) is 91.0 Å². The van der Waals surface area contributed by atoms with Crippen LogP contribution < -0.4 is 4.74 Å². The molecule has 1 heterocycles. The highest BCUT2D eigenvalue weighted by Gasteiger charge is 2.30. The van der Waals surface area contributed by atoms with E-state index in [1.165, 1.54) is 12.1 Å². The van der Waals surface area contributed by atoms with Crippen LogP contribution in [-0.4, -0.2) is 4.98 Å². The largest absolute Gasteiger partial charge is 0.473 e. The van der Waals surface area contributed by atoms with E-state index in [1.807, 2.05) is 73.7 Å². The van der Waals surface area contributed by atoms with Gasteiger partial charge < -0.3 is 4.74 Å². The standard InChI is InChI=1S/C26H20F3NO/c1-18-23(20-12-14-22(15-13-20)26(27,28)29)16-24(21-10-6-3-7-11-21)30-25(18)31-17-19-8-4-2-5-9-19/h2-16H,17H2,1H3. The number of alkyl halides is 3. The number of hydrogen-bond acceptors (Lipinski definition) is 2. The molecule has 0 spiro atoms. The third-order valence-corrected chi connectivity index (χ3v) is 5.04. The fourth-order valence-electron chi connectivity index (χ4n) is 3.35. The molecular weight excluding hydrogens is 399 g/mol. The van der Waals surface area contributed by atoms with Gasteiger partial charge in [-0.1, -0.05) is 72.8 Å². The van der Waals surface area contributed by atoms with Gasteiger partial charge in [-0.25, -0.2) is 4.98 Å². The predicted octanol–water partition coefficient (Wildman–Crippen LogP) is 7.32. The molecular formula is C26H20F3NO. The monoisotopic (exact) mass is 419 g/mol. The van der Waals surface area contributed by atoms with E-state index in [0.29, 0.717) is 23.7 Å². The summed E-state index contributed by atoms with van der Waals surface area (Å²) in [6, 6.07) is 26.4. The van der Waals surface area contributed by atoms with Crippen molar-refractivity contribution < 1.29 is 17.9 Å². The number of aromatic nitrogens is 1. The molecule has 0 aliphatic rings. The molecule has 31 heavy (non-hydrogen) atoms. The van der Waals surface area contributed by atoms with Gasteiger partial charge in [0.1, 0.15) is 6.61 Å². The van der Waals surface area contributed by atoms with Crippen LogP contribution in [0.25, 0.3) is 22.4 Å². The third kappa shape index (κ3) is 4.77. The lowest BCUT2D eigenvalue weighted by Gasteiger charge is -2.16. The van der Waals surface area contributed by atoms with Gasteiger partial charge in [0.25, 0.3) is 0 Å². The molecule has 0 aliphatic carbocycles. The van der Waals surface area contributed by atoms with Crippen LogP contribution in [0.3, 0.4) is 0 Å². The Morgan fingerprint density at radius 2 is 1.39 bits per heavy atom. The molecule has 0 saturated heterocycles. The second-order valence-electron chi connectivity index (χ2n) is 7.20. The van der Waals surface area contributed by atoms with E-state index < -0.39 is 11.7 Å². The molecule has 2 nitrogen and oxygen atoms in total. The van der Waals surface area contributed by atoms with E-state index in [4.69, 9.17) is 9.72 Å². The van der Waals surface area contributed by atoms with Crippen molar-refractivity contribution in [3.8, 4) is 28.3 Å². The maximum absolute atomic E-state index is 13.0. The molecule has 0 atom stereocenters. The van der Waals surface area contributed by atoms with Gasteiger partial charge in [-0.2, -0.15) is 13.2 Å². The molecule has 1 aromatic heterocycles. The first-order valence-corrected chi connectivity index (χ1v) is 9.83. The molecule has 0 amide bonds. The van der Waals surface area contributed by atoms with Gasteiger partial charge in [-0.05, 0) is 41.8 Å². The molecule has 4 rings (SSSR count). The molecule has 0 aliphatic heterocycles. The second-order valence-corrected chi connectivity index (χ2v) is 7.20. The van der Waals surface area contributed by atoms with E-state index in [9.17, 15) is 13.2 Å². The summed E-state index contributed by atoms with van der Waals surface area (Å²) >= 11 is 0. The topological polar surface area (TPSA) is 22.1 Å². The van der Waals surface area contributed by atoms with Crippen molar-refractivity contribution in [2.45, 2.75) is 19.7 Å². The minimum atomic E-state index is -4.37. The Bertz CT molecular complexity index is 1160. The average Bonchev–Trinajstić information content (AvgIpc) is 2.79. The van der Waals surface area contributed by atoms with Gasteiger partial charge in [-0.15, -0.1) is 0 Å². The molecule has 3 aromatic carbocycles. The Labute approximate surface area is 179 Å². The van der Waals surface area contributed by atoms with Gasteiger partial charge in [0.15, 0.2) is 0 Å². The number of rotatable bonds is 5. The predicted molar refractivity (Wildman–Crippen MR) is 116 cm³/mol. The van der Waals surface area contributed by atoms with Gasteiger partial charge in [0, 0.05) is 11.1 Å². The van der Waals surface area contributed by atoms with E-state index in [2.05, 4.69) is 0 Å². The maximum Gasteiger partial charge on any atom is 0.416 e. The summed E-state index contributed by atoms with van der Waals surface area (Å²) in [6.07, 6.45) is -4.37. The lowest BCUT2D eigenvalue weighted by Crippen LogP contribution is -2.04. The first kappa shape index (κ1) is 20.7. The van der Waals surface area contributed by atoms with Crippen LogP contribution in [-0.2, 0) is 12.8 Å². The highest BCUT2D eigenvalue weighted by molar-refractivity contribution is 5.75. The third-order valence-electron chi connectivity index (χ3n) is 5.04. The van der Waals surface area contributed by atoms with Gasteiger partial charge in [0.2, 0.25) is 5.88 Å². The minimum Gasteiger partial charge on any atom is -0.473 e. The molecule has 0 unspecified atom stereocenters. The highest BCUT2D eigenvalue weighted by Crippen LogP contribution is 2.35. The lowest BCUT2D eigenvalue weighted by atomic mass is 9.98. The minimum absolute atomic E-state index is 0.347. The zero-order chi connectivity index (χ0) is 21.8. The Morgan fingerprint density at radius 1 is 0.774 bits per heavy atom. The van der Waals surface area contributed by atoms with Crippen molar-refractivity contribution in [1.82, 2.24) is 4.98 Å². The van der Waals surface area contributed by atoms with E-state index in [-0.39, 0.29) is 0 Å². The number of pyridine rings is 1. The van der Waals surface area contributed by atoms with Crippen molar-refractivity contribution in [1.29, 1.82) is 0 Å². The smallest absolute Gasteiger partial charge is 0.416 e. The quantitative estimate of drug-likeness (QED) is 0.338.